The van der Waals surface area contributed by atoms with Gasteiger partial charge in [-0.15, -0.1) is 0 Å². The van der Waals surface area contributed by atoms with E-state index in [0.717, 1.165) is 59.7 Å². The van der Waals surface area contributed by atoms with Gasteiger partial charge in [-0.05, 0) is 110 Å². The highest BCUT2D eigenvalue weighted by atomic mass is 19.4. The second-order valence-corrected chi connectivity index (χ2v) is 9.80. The summed E-state index contributed by atoms with van der Waals surface area (Å²) >= 11 is 0. The number of halogens is 6. The number of anilines is 2. The Morgan fingerprint density at radius 2 is 0.780 bits per heavy atom. The minimum atomic E-state index is -5.73. The maximum Gasteiger partial charge on any atom is 0.411 e. The molecule has 0 fully saturated rings. The van der Waals surface area contributed by atoms with Crippen LogP contribution in [-0.2, 0) is 5.41 Å². The van der Waals surface area contributed by atoms with E-state index in [9.17, 15) is 26.3 Å². The van der Waals surface area contributed by atoms with Crippen LogP contribution >= 0.6 is 0 Å². The first-order valence-corrected chi connectivity index (χ1v) is 12.5. The molecule has 0 unspecified atom stereocenters. The van der Waals surface area contributed by atoms with E-state index in [2.05, 4.69) is 0 Å². The largest absolute Gasteiger partial charge is 0.457 e. The van der Waals surface area contributed by atoms with Gasteiger partial charge in [0.05, 0.1) is 0 Å². The van der Waals surface area contributed by atoms with Crippen molar-refractivity contribution in [2.75, 3.05) is 11.5 Å². The Labute approximate surface area is 233 Å². The molecular weight excluding hydrogens is 546 g/mol. The standard InChI is InChI=1S/C31H28F6N2O2/c1-17-19(3)27(15-13-25(17)38)40-23-9-5-21(6-10-23)29(30(32,33)34,31(35,36)37)22-7-11-24(12-8-22)41-28-16-14-26(39)18(2)20(28)4/h5-16H,38-39H2,1-4H3. The summed E-state index contributed by atoms with van der Waals surface area (Å²) < 4.78 is 99.1. The number of hydrogen-bond acceptors (Lipinski definition) is 4. The van der Waals surface area contributed by atoms with Gasteiger partial charge >= 0.3 is 12.4 Å². The first-order valence-electron chi connectivity index (χ1n) is 12.5. The molecule has 4 aromatic carbocycles. The van der Waals surface area contributed by atoms with Crippen molar-refractivity contribution in [3.63, 3.8) is 0 Å². The summed E-state index contributed by atoms with van der Waals surface area (Å²) in [5, 5.41) is 0. The molecule has 10 heteroatoms. The predicted octanol–water partition coefficient (Wildman–Crippen LogP) is 9.08. The SMILES string of the molecule is Cc1c(N)ccc(Oc2ccc(C(c3ccc(Oc4ccc(N)c(C)c4C)cc3)(C(F)(F)F)C(F)(F)F)cc2)c1C. The van der Waals surface area contributed by atoms with Crippen molar-refractivity contribution >= 4 is 11.4 Å². The molecule has 0 amide bonds. The molecule has 4 nitrogen and oxygen atoms in total. The molecule has 0 aliphatic heterocycles. The minimum Gasteiger partial charge on any atom is -0.457 e. The third kappa shape index (κ3) is 5.26. The van der Waals surface area contributed by atoms with Crippen molar-refractivity contribution in [1.29, 1.82) is 0 Å². The Balaban J connectivity index is 1.74. The number of hydrogen-bond donors (Lipinski definition) is 2. The predicted molar refractivity (Wildman–Crippen MR) is 147 cm³/mol. The van der Waals surface area contributed by atoms with Gasteiger partial charge in [-0.3, -0.25) is 0 Å². The molecule has 0 bridgehead atoms. The molecule has 0 aliphatic rings. The molecule has 0 saturated heterocycles. The van der Waals surface area contributed by atoms with Gasteiger partial charge in [0.15, 0.2) is 0 Å². The second kappa shape index (κ2) is 10.6. The lowest BCUT2D eigenvalue weighted by molar-refractivity contribution is -0.288. The molecule has 0 atom stereocenters. The van der Waals surface area contributed by atoms with Gasteiger partial charge in [0.1, 0.15) is 23.0 Å². The number of benzene rings is 4. The van der Waals surface area contributed by atoms with E-state index >= 15 is 0 Å². The average Bonchev–Trinajstić information content (AvgIpc) is 2.90. The van der Waals surface area contributed by atoms with Gasteiger partial charge in [-0.25, -0.2) is 0 Å². The van der Waals surface area contributed by atoms with Crippen molar-refractivity contribution < 1.29 is 35.8 Å². The highest BCUT2D eigenvalue weighted by molar-refractivity contribution is 5.57. The van der Waals surface area contributed by atoms with Crippen LogP contribution in [0.3, 0.4) is 0 Å². The van der Waals surface area contributed by atoms with E-state index in [1.165, 1.54) is 0 Å². The van der Waals surface area contributed by atoms with E-state index in [1.807, 2.05) is 0 Å². The van der Waals surface area contributed by atoms with E-state index in [4.69, 9.17) is 20.9 Å². The summed E-state index contributed by atoms with van der Waals surface area (Å²) in [5.41, 5.74) is 9.37. The van der Waals surface area contributed by atoms with E-state index in [0.29, 0.717) is 34.0 Å². The van der Waals surface area contributed by atoms with Crippen molar-refractivity contribution in [3.8, 4) is 23.0 Å². The quantitative estimate of drug-likeness (QED) is 0.178. The summed E-state index contributed by atoms with van der Waals surface area (Å²) in [7, 11) is 0. The van der Waals surface area contributed by atoms with Crippen LogP contribution in [0.1, 0.15) is 33.4 Å². The monoisotopic (exact) mass is 574 g/mol. The lowest BCUT2D eigenvalue weighted by atomic mass is 9.73. The van der Waals surface area contributed by atoms with Crippen molar-refractivity contribution in [1.82, 2.24) is 0 Å². The third-order valence-corrected chi connectivity index (χ3v) is 7.44. The van der Waals surface area contributed by atoms with Crippen LogP contribution in [-0.4, -0.2) is 12.4 Å². The summed E-state index contributed by atoms with van der Waals surface area (Å²) in [4.78, 5) is 0. The summed E-state index contributed by atoms with van der Waals surface area (Å²) in [5.74, 6) is 0.892. The Kier molecular flexibility index (Phi) is 7.64. The number of nitrogens with two attached hydrogens (primary N) is 2. The Morgan fingerprint density at radius 3 is 1.07 bits per heavy atom. The number of alkyl halides is 6. The molecule has 0 saturated carbocycles. The molecule has 0 spiro atoms. The molecule has 0 heterocycles. The summed E-state index contributed by atoms with van der Waals surface area (Å²) in [6, 6.07) is 13.8. The van der Waals surface area contributed by atoms with Crippen LogP contribution in [0.25, 0.3) is 0 Å². The zero-order chi connectivity index (χ0) is 30.3. The Bertz CT molecular complexity index is 1440. The molecule has 0 radical (unpaired) electrons. The molecule has 4 rings (SSSR count). The maximum absolute atomic E-state index is 14.6. The lowest BCUT2D eigenvalue weighted by Crippen LogP contribution is -2.54. The number of rotatable bonds is 6. The fourth-order valence-electron chi connectivity index (χ4n) is 4.64. The maximum atomic E-state index is 14.6. The fourth-order valence-corrected chi connectivity index (χ4v) is 4.64. The zero-order valence-electron chi connectivity index (χ0n) is 22.7. The van der Waals surface area contributed by atoms with Gasteiger partial charge in [-0.1, -0.05) is 24.3 Å². The summed E-state index contributed by atoms with van der Waals surface area (Å²) in [6.45, 7) is 7.04. The van der Waals surface area contributed by atoms with Crippen LogP contribution in [0.5, 0.6) is 23.0 Å². The van der Waals surface area contributed by atoms with E-state index < -0.39 is 28.9 Å². The molecule has 216 valence electrons. The zero-order valence-corrected chi connectivity index (χ0v) is 22.7. The first-order chi connectivity index (χ1) is 19.1. The van der Waals surface area contributed by atoms with Gasteiger partial charge in [0.25, 0.3) is 0 Å². The fraction of sp³-hybridized carbons (Fsp3) is 0.226. The van der Waals surface area contributed by atoms with Crippen LogP contribution < -0.4 is 20.9 Å². The van der Waals surface area contributed by atoms with Gasteiger partial charge in [-0.2, -0.15) is 26.3 Å². The topological polar surface area (TPSA) is 70.5 Å². The van der Waals surface area contributed by atoms with Crippen molar-refractivity contribution in [3.05, 3.63) is 106 Å². The molecule has 4 aromatic rings. The van der Waals surface area contributed by atoms with Crippen LogP contribution in [0, 0.1) is 27.7 Å². The van der Waals surface area contributed by atoms with Gasteiger partial charge in [0.2, 0.25) is 5.41 Å². The number of nitrogen functional groups attached to an aromatic ring is 2. The Hall–Kier alpha value is -4.34. The minimum absolute atomic E-state index is 0.0668. The number of ether oxygens (including phenoxy) is 2. The van der Waals surface area contributed by atoms with Crippen LogP contribution in [0.4, 0.5) is 37.7 Å². The second-order valence-electron chi connectivity index (χ2n) is 9.80. The molecule has 41 heavy (non-hydrogen) atoms. The highest BCUT2D eigenvalue weighted by Crippen LogP contribution is 2.56. The molecule has 0 aromatic heterocycles. The first kappa shape index (κ1) is 29.6. The summed E-state index contributed by atoms with van der Waals surface area (Å²) in [6.07, 6.45) is -11.5. The average molecular weight is 575 g/mol. The van der Waals surface area contributed by atoms with Crippen molar-refractivity contribution in [2.24, 2.45) is 0 Å². The smallest absolute Gasteiger partial charge is 0.411 e. The van der Waals surface area contributed by atoms with Gasteiger partial charge < -0.3 is 20.9 Å². The molecular formula is C31H28F6N2O2. The normalized spacial score (nSPS) is 12.3. The highest BCUT2D eigenvalue weighted by Gasteiger charge is 2.72. The lowest BCUT2D eigenvalue weighted by Gasteiger charge is -2.38. The van der Waals surface area contributed by atoms with E-state index in [-0.39, 0.29) is 11.5 Å². The van der Waals surface area contributed by atoms with Crippen LogP contribution in [0.15, 0.2) is 72.8 Å². The molecule has 0 aliphatic carbocycles. The third-order valence-electron chi connectivity index (χ3n) is 7.44. The van der Waals surface area contributed by atoms with E-state index in [1.54, 1.807) is 52.0 Å². The van der Waals surface area contributed by atoms with Gasteiger partial charge in [0, 0.05) is 11.4 Å². The Morgan fingerprint density at radius 1 is 0.463 bits per heavy atom. The molecule has 4 N–H and O–H groups in total. The van der Waals surface area contributed by atoms with Crippen molar-refractivity contribution in [2.45, 2.75) is 45.5 Å². The van der Waals surface area contributed by atoms with Crippen LogP contribution in [0.2, 0.25) is 0 Å².